The Hall–Kier alpha value is -2.50. The number of rotatable bonds is 4. The number of Topliss-reactive ketones (excluding diaryl/α,β-unsaturated/α-hetero) is 1. The summed E-state index contributed by atoms with van der Waals surface area (Å²) in [7, 11) is 0. The minimum absolute atomic E-state index is 0.0106. The number of allylic oxidation sites excluding steroid dienone is 5. The molecule has 166 valence electrons. The summed E-state index contributed by atoms with van der Waals surface area (Å²) in [5.74, 6) is -0.439. The van der Waals surface area contributed by atoms with E-state index in [1.165, 1.54) is 13.8 Å². The molecule has 0 aromatic carbocycles. The fraction of sp³-hybridized carbons (Fsp3) is 0.600. The van der Waals surface area contributed by atoms with Gasteiger partial charge in [0.2, 0.25) is 0 Å². The molecule has 6 heteroatoms. The number of fused-ring (bicyclic) bond motifs is 5. The first kappa shape index (κ1) is 21.7. The lowest BCUT2D eigenvalue weighted by Gasteiger charge is -2.58. The fourth-order valence-electron chi connectivity index (χ4n) is 6.86. The molecule has 31 heavy (non-hydrogen) atoms. The van der Waals surface area contributed by atoms with Gasteiger partial charge in [0.15, 0.2) is 18.2 Å². The molecule has 4 aliphatic carbocycles. The van der Waals surface area contributed by atoms with Crippen molar-refractivity contribution in [2.75, 3.05) is 6.61 Å². The van der Waals surface area contributed by atoms with E-state index in [2.05, 4.69) is 13.8 Å². The lowest BCUT2D eigenvalue weighted by Crippen LogP contribution is -2.56. The van der Waals surface area contributed by atoms with Crippen molar-refractivity contribution in [2.45, 2.75) is 59.5 Å². The van der Waals surface area contributed by atoms with E-state index in [1.807, 2.05) is 12.2 Å². The van der Waals surface area contributed by atoms with Crippen LogP contribution in [0.1, 0.15) is 53.4 Å². The van der Waals surface area contributed by atoms with Gasteiger partial charge in [0.25, 0.3) is 0 Å². The largest absolute Gasteiger partial charge is 0.462 e. The van der Waals surface area contributed by atoms with Gasteiger partial charge in [-0.3, -0.25) is 19.2 Å². The summed E-state index contributed by atoms with van der Waals surface area (Å²) in [5, 5.41) is 0. The number of carbonyl (C=O) groups excluding carboxylic acids is 4. The third-order valence-electron chi connectivity index (χ3n) is 8.08. The minimum atomic E-state index is -0.478. The van der Waals surface area contributed by atoms with Crippen molar-refractivity contribution >= 4 is 23.5 Å². The first-order valence-corrected chi connectivity index (χ1v) is 11.0. The summed E-state index contributed by atoms with van der Waals surface area (Å²) in [6.07, 6.45) is 10.0. The zero-order valence-electron chi connectivity index (χ0n) is 18.6. The van der Waals surface area contributed by atoms with E-state index in [-0.39, 0.29) is 53.4 Å². The minimum Gasteiger partial charge on any atom is -0.462 e. The van der Waals surface area contributed by atoms with Crippen molar-refractivity contribution in [1.82, 2.24) is 0 Å². The Morgan fingerprint density at radius 2 is 1.90 bits per heavy atom. The Kier molecular flexibility index (Phi) is 5.31. The van der Waals surface area contributed by atoms with E-state index in [4.69, 9.17) is 9.47 Å². The molecule has 0 aromatic heterocycles. The maximum absolute atomic E-state index is 12.9. The Morgan fingerprint density at radius 1 is 1.16 bits per heavy atom. The van der Waals surface area contributed by atoms with E-state index < -0.39 is 11.4 Å². The molecule has 0 aromatic rings. The average Bonchev–Trinajstić information content (AvgIpc) is 3.02. The first-order chi connectivity index (χ1) is 14.6. The Morgan fingerprint density at radius 3 is 2.58 bits per heavy atom. The molecule has 0 amide bonds. The number of esters is 2. The van der Waals surface area contributed by atoms with Crippen molar-refractivity contribution in [3.63, 3.8) is 0 Å². The quantitative estimate of drug-likeness (QED) is 0.640. The molecule has 4 rings (SSSR count). The lowest BCUT2D eigenvalue weighted by atomic mass is 9.46. The van der Waals surface area contributed by atoms with Crippen molar-refractivity contribution in [2.24, 2.45) is 28.6 Å². The summed E-state index contributed by atoms with van der Waals surface area (Å²) in [6.45, 7) is 6.68. The molecule has 4 aliphatic rings. The van der Waals surface area contributed by atoms with Gasteiger partial charge < -0.3 is 9.47 Å². The van der Waals surface area contributed by atoms with Crippen LogP contribution in [0.4, 0.5) is 0 Å². The van der Waals surface area contributed by atoms with Gasteiger partial charge in [-0.05, 0) is 49.7 Å². The van der Waals surface area contributed by atoms with Crippen LogP contribution < -0.4 is 0 Å². The van der Waals surface area contributed by atoms with Crippen molar-refractivity contribution in [3.05, 3.63) is 35.5 Å². The third kappa shape index (κ3) is 3.50. The molecule has 0 heterocycles. The van der Waals surface area contributed by atoms with Gasteiger partial charge in [-0.1, -0.05) is 31.6 Å². The summed E-state index contributed by atoms with van der Waals surface area (Å²) in [4.78, 5) is 48.2. The highest BCUT2D eigenvalue weighted by Crippen LogP contribution is 2.65. The van der Waals surface area contributed by atoms with Gasteiger partial charge in [0, 0.05) is 36.2 Å². The Balaban J connectivity index is 1.70. The van der Waals surface area contributed by atoms with Crippen LogP contribution in [0.15, 0.2) is 35.5 Å². The SMILES string of the molecule is CC(=O)OCC(=O)C1=CCC2C3CCC4=CC(=O)C=CC4(C)C3C(OC(C)=O)CC12C. The molecule has 0 spiro atoms. The van der Waals surface area contributed by atoms with Gasteiger partial charge in [-0.25, -0.2) is 0 Å². The van der Waals surface area contributed by atoms with Crippen molar-refractivity contribution in [1.29, 1.82) is 0 Å². The van der Waals surface area contributed by atoms with Gasteiger partial charge in [-0.15, -0.1) is 0 Å². The second-order valence-corrected chi connectivity index (χ2v) is 9.85. The summed E-state index contributed by atoms with van der Waals surface area (Å²) < 4.78 is 10.9. The first-order valence-electron chi connectivity index (χ1n) is 11.0. The zero-order valence-corrected chi connectivity index (χ0v) is 18.6. The van der Waals surface area contributed by atoms with Crippen LogP contribution in [-0.4, -0.2) is 36.2 Å². The molecule has 2 saturated carbocycles. The van der Waals surface area contributed by atoms with Crippen LogP contribution in [0.25, 0.3) is 0 Å². The zero-order chi connectivity index (χ0) is 22.6. The standard InChI is InChI=1S/C25H30O6/c1-14(26)30-13-21(29)20-8-7-19-18-6-5-16-11-17(28)9-10-24(16,3)23(18)22(31-15(2)27)12-25(19,20)4/h8-11,18-19,22-23H,5-7,12-13H2,1-4H3. The average molecular weight is 427 g/mol. The smallest absolute Gasteiger partial charge is 0.303 e. The second-order valence-electron chi connectivity index (χ2n) is 9.85. The summed E-state index contributed by atoms with van der Waals surface area (Å²) >= 11 is 0. The van der Waals surface area contributed by atoms with E-state index in [1.54, 1.807) is 12.2 Å². The number of carbonyl (C=O) groups is 4. The van der Waals surface area contributed by atoms with E-state index in [9.17, 15) is 19.2 Å². The van der Waals surface area contributed by atoms with Crippen molar-refractivity contribution in [3.8, 4) is 0 Å². The van der Waals surface area contributed by atoms with Crippen LogP contribution in [0.3, 0.4) is 0 Å². The molecule has 0 radical (unpaired) electrons. The van der Waals surface area contributed by atoms with Crippen LogP contribution in [0.2, 0.25) is 0 Å². The topological polar surface area (TPSA) is 86.7 Å². The van der Waals surface area contributed by atoms with Gasteiger partial charge >= 0.3 is 11.9 Å². The highest BCUT2D eigenvalue weighted by molar-refractivity contribution is 6.01. The van der Waals surface area contributed by atoms with Gasteiger partial charge in [0.1, 0.15) is 6.10 Å². The van der Waals surface area contributed by atoms with Gasteiger partial charge in [0.05, 0.1) is 0 Å². The Bertz CT molecular complexity index is 940. The van der Waals surface area contributed by atoms with Crippen LogP contribution in [0, 0.1) is 28.6 Å². The predicted octanol–water partition coefficient (Wildman–Crippen LogP) is 3.50. The highest BCUT2D eigenvalue weighted by Gasteiger charge is 2.61. The van der Waals surface area contributed by atoms with Crippen LogP contribution >= 0.6 is 0 Å². The van der Waals surface area contributed by atoms with Gasteiger partial charge in [-0.2, -0.15) is 0 Å². The molecule has 0 saturated heterocycles. The number of hydrogen-bond acceptors (Lipinski definition) is 6. The van der Waals surface area contributed by atoms with Crippen LogP contribution in [0.5, 0.6) is 0 Å². The number of ketones is 2. The fourth-order valence-corrected chi connectivity index (χ4v) is 6.86. The third-order valence-corrected chi connectivity index (χ3v) is 8.08. The summed E-state index contributed by atoms with van der Waals surface area (Å²) in [6, 6.07) is 0. The van der Waals surface area contributed by atoms with Crippen molar-refractivity contribution < 1.29 is 28.7 Å². The maximum atomic E-state index is 12.9. The van der Waals surface area contributed by atoms with E-state index in [0.29, 0.717) is 12.0 Å². The monoisotopic (exact) mass is 426 g/mol. The number of ether oxygens (including phenoxy) is 2. The summed E-state index contributed by atoms with van der Waals surface area (Å²) in [5.41, 5.74) is 1.02. The molecule has 6 unspecified atom stereocenters. The van der Waals surface area contributed by atoms with Crippen LogP contribution in [-0.2, 0) is 28.7 Å². The maximum Gasteiger partial charge on any atom is 0.303 e. The van der Waals surface area contributed by atoms with E-state index in [0.717, 1.165) is 24.8 Å². The molecule has 0 N–H and O–H groups in total. The molecule has 6 atom stereocenters. The molecular formula is C25H30O6. The molecular weight excluding hydrogens is 396 g/mol. The molecule has 6 nitrogen and oxygen atoms in total. The molecule has 0 bridgehead atoms. The van der Waals surface area contributed by atoms with E-state index >= 15 is 0 Å². The normalized spacial score (nSPS) is 38.3. The second kappa shape index (κ2) is 7.57. The number of hydrogen-bond donors (Lipinski definition) is 0. The molecule has 0 aliphatic heterocycles. The predicted molar refractivity (Wildman–Crippen MR) is 113 cm³/mol. The lowest BCUT2D eigenvalue weighted by molar-refractivity contribution is -0.167. The highest BCUT2D eigenvalue weighted by atomic mass is 16.5. The Labute approximate surface area is 182 Å². The molecule has 2 fully saturated rings.